The van der Waals surface area contributed by atoms with E-state index in [0.717, 1.165) is 27.8 Å². The highest BCUT2D eigenvalue weighted by molar-refractivity contribution is 5.76. The molecule has 1 rings (SSSR count). The predicted molar refractivity (Wildman–Crippen MR) is 86.4 cm³/mol. The molecule has 0 spiro atoms. The molecule has 0 aliphatic heterocycles. The summed E-state index contributed by atoms with van der Waals surface area (Å²) in [6.07, 6.45) is 0. The number of benzene rings is 1. The maximum absolute atomic E-state index is 5.38. The van der Waals surface area contributed by atoms with E-state index in [1.54, 1.807) is 0 Å². The minimum atomic E-state index is 0. The van der Waals surface area contributed by atoms with Crippen LogP contribution >= 0.6 is 0 Å². The van der Waals surface area contributed by atoms with Crippen molar-refractivity contribution in [1.82, 2.24) is 0 Å². The molecule has 0 fully saturated rings. The van der Waals surface area contributed by atoms with E-state index in [0.29, 0.717) is 13.1 Å². The fraction of sp³-hybridized carbons (Fsp3) is 0.429. The molecular weight excluding hydrogens is 252 g/mol. The average Bonchev–Trinajstić information content (AvgIpc) is 2.27. The van der Waals surface area contributed by atoms with Gasteiger partial charge in [0.2, 0.25) is 0 Å². The van der Waals surface area contributed by atoms with Gasteiger partial charge in [0, 0.05) is 0 Å². The van der Waals surface area contributed by atoms with Crippen molar-refractivity contribution in [2.24, 2.45) is 32.9 Å². The third kappa shape index (κ3) is 4.46. The number of hydrogen-bond acceptors (Lipinski definition) is 2. The molecule has 112 valence electrons. The van der Waals surface area contributed by atoms with Gasteiger partial charge in [-0.15, -0.1) is 0 Å². The summed E-state index contributed by atoms with van der Waals surface area (Å²) in [7, 11) is 0. The molecule has 0 saturated carbocycles. The Morgan fingerprint density at radius 1 is 0.850 bits per heavy atom. The van der Waals surface area contributed by atoms with Crippen LogP contribution in [0.4, 0.5) is 0 Å². The zero-order valence-electron chi connectivity index (χ0n) is 11.7. The highest BCUT2D eigenvalue weighted by atomic mass is 15.0. The topological polar surface area (TPSA) is 129 Å². The minimum absolute atomic E-state index is 0. The van der Waals surface area contributed by atoms with Gasteiger partial charge >= 0.3 is 0 Å². The molecule has 6 nitrogen and oxygen atoms in total. The second-order valence-electron chi connectivity index (χ2n) is 4.57. The van der Waals surface area contributed by atoms with Crippen LogP contribution in [0.5, 0.6) is 0 Å². The van der Waals surface area contributed by atoms with Crippen LogP contribution in [-0.2, 0) is 13.1 Å². The summed E-state index contributed by atoms with van der Waals surface area (Å²) in [4.78, 5) is 8.14. The maximum Gasteiger partial charge on any atom is 0.186 e. The van der Waals surface area contributed by atoms with Gasteiger partial charge in [0.05, 0.1) is 13.1 Å². The Morgan fingerprint density at radius 2 is 1.20 bits per heavy atom. The van der Waals surface area contributed by atoms with Crippen LogP contribution in [0, 0.1) is 20.8 Å². The van der Waals surface area contributed by atoms with Crippen molar-refractivity contribution >= 4 is 11.9 Å². The van der Waals surface area contributed by atoms with Crippen LogP contribution in [0.2, 0.25) is 0 Å². The summed E-state index contributed by atoms with van der Waals surface area (Å²) < 4.78 is 0. The monoisotopic (exact) mass is 278 g/mol. The largest absolute Gasteiger partial charge is 0.370 e. The highest BCUT2D eigenvalue weighted by Crippen LogP contribution is 2.23. The number of rotatable bonds is 4. The molecule has 0 unspecified atom stereocenters. The van der Waals surface area contributed by atoms with Crippen molar-refractivity contribution in [2.75, 3.05) is 0 Å². The van der Waals surface area contributed by atoms with Crippen LogP contribution in [0.1, 0.15) is 35.2 Å². The van der Waals surface area contributed by atoms with Gasteiger partial charge in [-0.2, -0.15) is 0 Å². The van der Waals surface area contributed by atoms with Crippen LogP contribution in [0.25, 0.3) is 0 Å². The number of hydrogen-bond donors (Lipinski definition) is 4. The Bertz CT molecular complexity index is 479. The van der Waals surface area contributed by atoms with Gasteiger partial charge in [-0.3, -0.25) is 0 Å². The lowest BCUT2D eigenvalue weighted by Crippen LogP contribution is -2.23. The van der Waals surface area contributed by atoms with Crippen LogP contribution in [0.15, 0.2) is 16.1 Å². The van der Waals surface area contributed by atoms with E-state index < -0.39 is 0 Å². The first-order valence-electron chi connectivity index (χ1n) is 6.02. The average molecular weight is 278 g/mol. The second kappa shape index (κ2) is 7.37. The molecule has 0 atom stereocenters. The van der Waals surface area contributed by atoms with E-state index in [2.05, 4.69) is 16.1 Å². The molecule has 0 aromatic heterocycles. The second-order valence-corrected chi connectivity index (χ2v) is 4.57. The lowest BCUT2D eigenvalue weighted by atomic mass is 9.93. The third-order valence-corrected chi connectivity index (χ3v) is 3.13. The predicted octanol–water partition coefficient (Wildman–Crippen LogP) is 0.795. The van der Waals surface area contributed by atoms with Crippen LogP contribution in [0.3, 0.4) is 0 Å². The number of nitrogens with two attached hydrogens (primary N) is 4. The van der Waals surface area contributed by atoms with E-state index in [-0.39, 0.29) is 19.3 Å². The van der Waals surface area contributed by atoms with Crippen molar-refractivity contribution < 1.29 is 0 Å². The highest BCUT2D eigenvalue weighted by Gasteiger charge is 2.10. The zero-order chi connectivity index (χ0) is 14.6. The fourth-order valence-corrected chi connectivity index (χ4v) is 2.10. The molecule has 0 aliphatic rings. The van der Waals surface area contributed by atoms with E-state index >= 15 is 0 Å². The Labute approximate surface area is 121 Å². The molecule has 0 radical (unpaired) electrons. The first kappa shape index (κ1) is 17.8. The zero-order valence-corrected chi connectivity index (χ0v) is 11.7. The maximum atomic E-state index is 5.38. The lowest BCUT2D eigenvalue weighted by Gasteiger charge is -2.15. The number of guanidine groups is 2. The summed E-state index contributed by atoms with van der Waals surface area (Å²) >= 11 is 0. The molecule has 0 saturated heterocycles. The Kier molecular flexibility index (Phi) is 6.55. The summed E-state index contributed by atoms with van der Waals surface area (Å²) in [5, 5.41) is 0. The van der Waals surface area contributed by atoms with Gasteiger partial charge in [0.25, 0.3) is 0 Å². The molecule has 0 heterocycles. The Morgan fingerprint density at radius 3 is 1.50 bits per heavy atom. The van der Waals surface area contributed by atoms with Crippen molar-refractivity contribution in [3.8, 4) is 0 Å². The van der Waals surface area contributed by atoms with Gasteiger partial charge in [-0.25, -0.2) is 9.98 Å². The summed E-state index contributed by atoms with van der Waals surface area (Å²) in [5.41, 5.74) is 27.2. The number of aliphatic imine (C=N–C) groups is 2. The SMILES string of the molecule is C.Cc1cc(C)c(CN=C(N)N)c(C)c1CN=C(N)N. The van der Waals surface area contributed by atoms with E-state index in [1.165, 1.54) is 0 Å². The molecule has 0 aliphatic carbocycles. The molecule has 20 heavy (non-hydrogen) atoms. The summed E-state index contributed by atoms with van der Waals surface area (Å²) in [5.74, 6) is 0.176. The van der Waals surface area contributed by atoms with Gasteiger partial charge < -0.3 is 22.9 Å². The summed E-state index contributed by atoms with van der Waals surface area (Å²) in [6, 6.07) is 2.10. The molecular formula is C14H26N6. The molecule has 1 aromatic carbocycles. The van der Waals surface area contributed by atoms with Crippen molar-refractivity contribution in [3.63, 3.8) is 0 Å². The Balaban J connectivity index is 0.00000361. The standard InChI is InChI=1S/C13H22N6.CH4/c1-7-4-8(2)11(6-19-13(16)17)9(3)10(7)5-18-12(14)15;/h4H,5-6H2,1-3H3,(H4,14,15,18)(H4,16,17,19);1H4. The van der Waals surface area contributed by atoms with Gasteiger partial charge in [0.1, 0.15) is 0 Å². The smallest absolute Gasteiger partial charge is 0.186 e. The van der Waals surface area contributed by atoms with Gasteiger partial charge in [-0.1, -0.05) is 13.5 Å². The summed E-state index contributed by atoms with van der Waals surface area (Å²) in [6.45, 7) is 7.06. The van der Waals surface area contributed by atoms with Gasteiger partial charge in [-0.05, 0) is 48.6 Å². The van der Waals surface area contributed by atoms with E-state index in [9.17, 15) is 0 Å². The fourth-order valence-electron chi connectivity index (χ4n) is 2.10. The minimum Gasteiger partial charge on any atom is -0.370 e. The number of nitrogens with zero attached hydrogens (tertiary/aromatic N) is 2. The first-order valence-corrected chi connectivity index (χ1v) is 6.02. The van der Waals surface area contributed by atoms with Crippen LogP contribution < -0.4 is 22.9 Å². The normalized spacial score (nSPS) is 9.55. The molecule has 0 amide bonds. The molecule has 1 aromatic rings. The quantitative estimate of drug-likeness (QED) is 0.479. The van der Waals surface area contributed by atoms with E-state index in [4.69, 9.17) is 22.9 Å². The van der Waals surface area contributed by atoms with Gasteiger partial charge in [0.15, 0.2) is 11.9 Å². The third-order valence-electron chi connectivity index (χ3n) is 3.13. The van der Waals surface area contributed by atoms with Crippen molar-refractivity contribution in [2.45, 2.75) is 41.3 Å². The van der Waals surface area contributed by atoms with Crippen molar-refractivity contribution in [1.29, 1.82) is 0 Å². The molecule has 0 bridgehead atoms. The van der Waals surface area contributed by atoms with E-state index in [1.807, 2.05) is 20.8 Å². The first-order chi connectivity index (χ1) is 8.82. The lowest BCUT2D eigenvalue weighted by molar-refractivity contribution is 0.959. The van der Waals surface area contributed by atoms with Crippen LogP contribution in [-0.4, -0.2) is 11.9 Å². The molecule has 8 N–H and O–H groups in total. The Hall–Kier alpha value is -2.24. The number of aryl methyl sites for hydroxylation is 2. The van der Waals surface area contributed by atoms with Crippen molar-refractivity contribution in [3.05, 3.63) is 33.9 Å². The molecule has 6 heteroatoms.